The highest BCUT2D eigenvalue weighted by Crippen LogP contribution is 2.44. The van der Waals surface area contributed by atoms with E-state index in [4.69, 9.17) is 0 Å². The van der Waals surface area contributed by atoms with Crippen molar-refractivity contribution in [2.75, 3.05) is 6.54 Å². The topological polar surface area (TPSA) is 12.0 Å². The molecule has 1 aliphatic rings. The second kappa shape index (κ2) is 3.89. The van der Waals surface area contributed by atoms with E-state index in [0.29, 0.717) is 5.41 Å². The first kappa shape index (κ1) is 11.7. The van der Waals surface area contributed by atoms with Crippen molar-refractivity contribution in [2.24, 2.45) is 0 Å². The van der Waals surface area contributed by atoms with Gasteiger partial charge in [0.05, 0.1) is 0 Å². The van der Waals surface area contributed by atoms with Gasteiger partial charge in [-0.15, -0.1) is 0 Å². The lowest BCUT2D eigenvalue weighted by Gasteiger charge is -2.41. The van der Waals surface area contributed by atoms with Gasteiger partial charge in [-0.05, 0) is 45.7 Å². The van der Waals surface area contributed by atoms with Crippen molar-refractivity contribution in [3.8, 4) is 0 Å². The molecule has 1 heterocycles. The fourth-order valence-electron chi connectivity index (χ4n) is 3.27. The zero-order chi connectivity index (χ0) is 11.8. The Bertz CT molecular complexity index is 364. The Balaban J connectivity index is 2.46. The molecule has 1 aliphatic heterocycles. The lowest BCUT2D eigenvalue weighted by molar-refractivity contribution is 0.263. The Kier molecular flexibility index (Phi) is 2.83. The quantitative estimate of drug-likeness (QED) is 0.800. The van der Waals surface area contributed by atoms with E-state index in [1.54, 1.807) is 0 Å². The van der Waals surface area contributed by atoms with Crippen LogP contribution in [0.25, 0.3) is 0 Å². The summed E-state index contributed by atoms with van der Waals surface area (Å²) in [6.07, 6.45) is 2.45. The lowest BCUT2D eigenvalue weighted by Crippen LogP contribution is -2.49. The van der Waals surface area contributed by atoms with E-state index in [2.05, 4.69) is 57.3 Å². The van der Waals surface area contributed by atoms with Crippen molar-refractivity contribution < 1.29 is 0 Å². The Morgan fingerprint density at radius 3 is 2.25 bits per heavy atom. The van der Waals surface area contributed by atoms with Crippen LogP contribution >= 0.6 is 0 Å². The molecule has 1 aromatic rings. The van der Waals surface area contributed by atoms with Gasteiger partial charge in [0.15, 0.2) is 0 Å². The molecule has 0 aromatic heterocycles. The molecular formula is C15H23N. The first-order valence-electron chi connectivity index (χ1n) is 6.34. The maximum absolute atomic E-state index is 3.65. The van der Waals surface area contributed by atoms with E-state index < -0.39 is 0 Å². The van der Waals surface area contributed by atoms with Crippen molar-refractivity contribution in [1.29, 1.82) is 0 Å². The third kappa shape index (κ3) is 1.58. The highest BCUT2D eigenvalue weighted by atomic mass is 15.0. The SMILES string of the molecule is CCC1(c2ccc(C)cc2)CCNC1(C)C. The summed E-state index contributed by atoms with van der Waals surface area (Å²) in [6, 6.07) is 9.10. The van der Waals surface area contributed by atoms with Crippen LogP contribution in [0, 0.1) is 6.92 Å². The average Bonchev–Trinajstić information content (AvgIpc) is 2.55. The van der Waals surface area contributed by atoms with Gasteiger partial charge in [-0.2, -0.15) is 0 Å². The van der Waals surface area contributed by atoms with Crippen LogP contribution in [-0.2, 0) is 5.41 Å². The van der Waals surface area contributed by atoms with E-state index in [1.165, 1.54) is 24.0 Å². The monoisotopic (exact) mass is 217 g/mol. The standard InChI is InChI=1S/C15H23N/c1-5-15(10-11-16-14(15,3)4)13-8-6-12(2)7-9-13/h6-9,16H,5,10-11H2,1-4H3. The number of aryl methyl sites for hydroxylation is 1. The van der Waals surface area contributed by atoms with Crippen LogP contribution in [0.15, 0.2) is 24.3 Å². The first-order valence-corrected chi connectivity index (χ1v) is 6.34. The Morgan fingerprint density at radius 2 is 1.81 bits per heavy atom. The minimum atomic E-state index is 0.205. The summed E-state index contributed by atoms with van der Waals surface area (Å²) in [5, 5.41) is 3.65. The smallest absolute Gasteiger partial charge is 0.0222 e. The molecular weight excluding hydrogens is 194 g/mol. The summed E-state index contributed by atoms with van der Waals surface area (Å²) >= 11 is 0. The molecule has 88 valence electrons. The van der Waals surface area contributed by atoms with Crippen molar-refractivity contribution in [3.63, 3.8) is 0 Å². The largest absolute Gasteiger partial charge is 0.311 e. The van der Waals surface area contributed by atoms with Crippen molar-refractivity contribution in [2.45, 2.75) is 51.5 Å². The predicted octanol–water partition coefficient (Wildman–Crippen LogP) is 3.41. The Labute approximate surface area is 99.3 Å². The summed E-state index contributed by atoms with van der Waals surface area (Å²) < 4.78 is 0. The molecule has 0 spiro atoms. The normalized spacial score (nSPS) is 28.2. The molecule has 0 bridgehead atoms. The molecule has 1 aromatic carbocycles. The predicted molar refractivity (Wildman–Crippen MR) is 69.8 cm³/mol. The van der Waals surface area contributed by atoms with Gasteiger partial charge >= 0.3 is 0 Å². The van der Waals surface area contributed by atoms with Gasteiger partial charge < -0.3 is 5.32 Å². The molecule has 16 heavy (non-hydrogen) atoms. The number of rotatable bonds is 2. The van der Waals surface area contributed by atoms with Crippen LogP contribution in [0.3, 0.4) is 0 Å². The van der Waals surface area contributed by atoms with Gasteiger partial charge in [-0.3, -0.25) is 0 Å². The first-order chi connectivity index (χ1) is 7.52. The zero-order valence-corrected chi connectivity index (χ0v) is 10.9. The molecule has 1 fully saturated rings. The lowest BCUT2D eigenvalue weighted by atomic mass is 9.66. The average molecular weight is 217 g/mol. The van der Waals surface area contributed by atoms with E-state index in [-0.39, 0.29) is 5.54 Å². The van der Waals surface area contributed by atoms with Gasteiger partial charge in [-0.25, -0.2) is 0 Å². The molecule has 0 radical (unpaired) electrons. The van der Waals surface area contributed by atoms with E-state index >= 15 is 0 Å². The van der Waals surface area contributed by atoms with Crippen LogP contribution < -0.4 is 5.32 Å². The molecule has 1 atom stereocenters. The van der Waals surface area contributed by atoms with Gasteiger partial charge in [0.25, 0.3) is 0 Å². The number of benzene rings is 1. The zero-order valence-electron chi connectivity index (χ0n) is 10.9. The molecule has 0 aliphatic carbocycles. The molecule has 1 N–H and O–H groups in total. The van der Waals surface area contributed by atoms with Crippen molar-refractivity contribution in [3.05, 3.63) is 35.4 Å². The summed E-state index contributed by atoms with van der Waals surface area (Å²) in [4.78, 5) is 0. The molecule has 1 unspecified atom stereocenters. The third-order valence-electron chi connectivity index (χ3n) is 4.52. The molecule has 1 heteroatoms. The van der Waals surface area contributed by atoms with Gasteiger partial charge in [-0.1, -0.05) is 36.8 Å². The van der Waals surface area contributed by atoms with Gasteiger partial charge in [0.2, 0.25) is 0 Å². The van der Waals surface area contributed by atoms with Crippen LogP contribution in [0.4, 0.5) is 0 Å². The summed E-state index contributed by atoms with van der Waals surface area (Å²) in [7, 11) is 0. The molecule has 2 rings (SSSR count). The second-order valence-electron chi connectivity index (χ2n) is 5.60. The maximum atomic E-state index is 3.65. The van der Waals surface area contributed by atoms with E-state index in [1.807, 2.05) is 0 Å². The van der Waals surface area contributed by atoms with Crippen LogP contribution in [0.1, 0.15) is 44.7 Å². The molecule has 0 amide bonds. The number of hydrogen-bond donors (Lipinski definition) is 1. The van der Waals surface area contributed by atoms with Crippen LogP contribution in [-0.4, -0.2) is 12.1 Å². The Hall–Kier alpha value is -0.820. The minimum Gasteiger partial charge on any atom is -0.311 e. The van der Waals surface area contributed by atoms with Gasteiger partial charge in [0.1, 0.15) is 0 Å². The van der Waals surface area contributed by atoms with Crippen LogP contribution in [0.5, 0.6) is 0 Å². The molecule has 1 nitrogen and oxygen atoms in total. The number of nitrogens with one attached hydrogen (secondary N) is 1. The summed E-state index contributed by atoms with van der Waals surface area (Å²) in [5.74, 6) is 0. The maximum Gasteiger partial charge on any atom is 0.0222 e. The highest BCUT2D eigenvalue weighted by Gasteiger charge is 2.48. The van der Waals surface area contributed by atoms with Crippen molar-refractivity contribution in [1.82, 2.24) is 5.32 Å². The van der Waals surface area contributed by atoms with E-state index in [9.17, 15) is 0 Å². The van der Waals surface area contributed by atoms with Crippen LogP contribution in [0.2, 0.25) is 0 Å². The van der Waals surface area contributed by atoms with Crippen molar-refractivity contribution >= 4 is 0 Å². The third-order valence-corrected chi connectivity index (χ3v) is 4.52. The number of hydrogen-bond acceptors (Lipinski definition) is 1. The molecule has 1 saturated heterocycles. The fourth-order valence-corrected chi connectivity index (χ4v) is 3.27. The summed E-state index contributed by atoms with van der Waals surface area (Å²) in [6.45, 7) is 10.3. The molecule has 0 saturated carbocycles. The van der Waals surface area contributed by atoms with Gasteiger partial charge in [0, 0.05) is 11.0 Å². The second-order valence-corrected chi connectivity index (χ2v) is 5.60. The van der Waals surface area contributed by atoms with E-state index in [0.717, 1.165) is 6.54 Å². The fraction of sp³-hybridized carbons (Fsp3) is 0.600. The summed E-state index contributed by atoms with van der Waals surface area (Å²) in [5.41, 5.74) is 3.35. The Morgan fingerprint density at radius 1 is 1.19 bits per heavy atom. The highest BCUT2D eigenvalue weighted by molar-refractivity contribution is 5.34. The minimum absolute atomic E-state index is 0.205.